The summed E-state index contributed by atoms with van der Waals surface area (Å²) in [5.41, 5.74) is 7.35. The summed E-state index contributed by atoms with van der Waals surface area (Å²) in [6.45, 7) is 2.79. The highest BCUT2D eigenvalue weighted by Gasteiger charge is 2.18. The van der Waals surface area contributed by atoms with Gasteiger partial charge in [0.25, 0.3) is 5.91 Å². The van der Waals surface area contributed by atoms with Gasteiger partial charge in [-0.05, 0) is 42.8 Å². The molecule has 2 rings (SSSR count). The second kappa shape index (κ2) is 6.72. The van der Waals surface area contributed by atoms with E-state index in [4.69, 9.17) is 5.73 Å². The Morgan fingerprint density at radius 3 is 2.48 bits per heavy atom. The van der Waals surface area contributed by atoms with E-state index in [1.54, 1.807) is 23.1 Å². The largest absolute Gasteiger partial charge is 0.399 e. The van der Waals surface area contributed by atoms with Crippen molar-refractivity contribution in [1.82, 2.24) is 4.90 Å². The first-order valence-electron chi connectivity index (χ1n) is 6.60. The van der Waals surface area contributed by atoms with Gasteiger partial charge in [0.15, 0.2) is 0 Å². The molecule has 0 bridgehead atoms. The van der Waals surface area contributed by atoms with E-state index in [0.29, 0.717) is 23.2 Å². The van der Waals surface area contributed by atoms with Gasteiger partial charge in [-0.3, -0.25) is 4.79 Å². The molecule has 0 atom stereocenters. The normalized spacial score (nSPS) is 10.4. The van der Waals surface area contributed by atoms with Gasteiger partial charge in [-0.2, -0.15) is 0 Å². The number of anilines is 1. The van der Waals surface area contributed by atoms with Crippen molar-refractivity contribution in [1.29, 1.82) is 0 Å². The summed E-state index contributed by atoms with van der Waals surface area (Å²) in [6, 6.07) is 11.7. The Balaban J connectivity index is 2.20. The van der Waals surface area contributed by atoms with E-state index in [1.807, 2.05) is 19.1 Å². The Bertz CT molecular complexity index is 643. The SMILES string of the molecule is CCN(Cc1ccc(N)cc1)C(=O)c1ccc(Br)cc1F. The Kier molecular flexibility index (Phi) is 4.96. The summed E-state index contributed by atoms with van der Waals surface area (Å²) in [4.78, 5) is 14.0. The van der Waals surface area contributed by atoms with Crippen LogP contribution in [0.3, 0.4) is 0 Å². The van der Waals surface area contributed by atoms with Crippen molar-refractivity contribution >= 4 is 27.5 Å². The predicted molar refractivity (Wildman–Crippen MR) is 85.4 cm³/mol. The highest BCUT2D eigenvalue weighted by atomic mass is 79.9. The maximum Gasteiger partial charge on any atom is 0.257 e. The lowest BCUT2D eigenvalue weighted by Crippen LogP contribution is -2.31. The van der Waals surface area contributed by atoms with Gasteiger partial charge in [0.1, 0.15) is 5.82 Å². The topological polar surface area (TPSA) is 46.3 Å². The van der Waals surface area contributed by atoms with Crippen LogP contribution in [-0.2, 0) is 6.54 Å². The standard InChI is InChI=1S/C16H16BrFN2O/c1-2-20(10-11-3-6-13(19)7-4-11)16(21)14-8-5-12(17)9-15(14)18/h3-9H,2,10,19H2,1H3. The molecule has 0 saturated heterocycles. The van der Waals surface area contributed by atoms with E-state index in [0.717, 1.165) is 5.56 Å². The second-order valence-electron chi connectivity index (χ2n) is 4.69. The fourth-order valence-electron chi connectivity index (χ4n) is 2.00. The fourth-order valence-corrected chi connectivity index (χ4v) is 2.34. The Morgan fingerprint density at radius 1 is 1.24 bits per heavy atom. The summed E-state index contributed by atoms with van der Waals surface area (Å²) < 4.78 is 14.5. The maximum atomic E-state index is 13.9. The molecule has 0 fully saturated rings. The van der Waals surface area contributed by atoms with Gasteiger partial charge in [0, 0.05) is 23.2 Å². The van der Waals surface area contributed by atoms with E-state index >= 15 is 0 Å². The summed E-state index contributed by atoms with van der Waals surface area (Å²) in [7, 11) is 0. The number of rotatable bonds is 4. The third kappa shape index (κ3) is 3.82. The van der Waals surface area contributed by atoms with E-state index in [1.165, 1.54) is 12.1 Å². The molecular weight excluding hydrogens is 335 g/mol. The van der Waals surface area contributed by atoms with Crippen LogP contribution in [0.1, 0.15) is 22.8 Å². The maximum absolute atomic E-state index is 13.9. The lowest BCUT2D eigenvalue weighted by atomic mass is 10.1. The molecule has 110 valence electrons. The molecule has 0 aromatic heterocycles. The molecule has 0 aliphatic carbocycles. The van der Waals surface area contributed by atoms with E-state index in [9.17, 15) is 9.18 Å². The average Bonchev–Trinajstić information content (AvgIpc) is 2.46. The zero-order chi connectivity index (χ0) is 15.4. The summed E-state index contributed by atoms with van der Waals surface area (Å²) >= 11 is 3.18. The molecule has 21 heavy (non-hydrogen) atoms. The van der Waals surface area contributed by atoms with Crippen LogP contribution in [-0.4, -0.2) is 17.4 Å². The van der Waals surface area contributed by atoms with Crippen LogP contribution in [0.2, 0.25) is 0 Å². The first-order chi connectivity index (χ1) is 10.0. The van der Waals surface area contributed by atoms with Crippen molar-refractivity contribution in [3.8, 4) is 0 Å². The number of amides is 1. The number of benzene rings is 2. The number of hydrogen-bond donors (Lipinski definition) is 1. The van der Waals surface area contributed by atoms with Gasteiger partial charge in [-0.15, -0.1) is 0 Å². The van der Waals surface area contributed by atoms with Crippen molar-refractivity contribution in [2.75, 3.05) is 12.3 Å². The smallest absolute Gasteiger partial charge is 0.257 e. The van der Waals surface area contributed by atoms with E-state index in [2.05, 4.69) is 15.9 Å². The third-order valence-electron chi connectivity index (χ3n) is 3.18. The van der Waals surface area contributed by atoms with Crippen molar-refractivity contribution in [3.05, 3.63) is 63.9 Å². The predicted octanol–water partition coefficient (Wildman–Crippen LogP) is 3.83. The van der Waals surface area contributed by atoms with Gasteiger partial charge in [0.05, 0.1) is 5.56 Å². The van der Waals surface area contributed by atoms with Crippen LogP contribution in [0.25, 0.3) is 0 Å². The molecule has 0 aliphatic heterocycles. The van der Waals surface area contributed by atoms with E-state index < -0.39 is 5.82 Å². The quantitative estimate of drug-likeness (QED) is 0.851. The monoisotopic (exact) mass is 350 g/mol. The minimum atomic E-state index is -0.523. The number of nitrogen functional groups attached to an aromatic ring is 1. The number of carbonyl (C=O) groups excluding carboxylic acids is 1. The molecule has 2 aromatic carbocycles. The van der Waals surface area contributed by atoms with Gasteiger partial charge < -0.3 is 10.6 Å². The van der Waals surface area contributed by atoms with Crippen LogP contribution >= 0.6 is 15.9 Å². The molecule has 0 radical (unpaired) electrons. The van der Waals surface area contributed by atoms with Gasteiger partial charge in [-0.1, -0.05) is 28.1 Å². The molecule has 0 unspecified atom stereocenters. The first kappa shape index (κ1) is 15.5. The molecular formula is C16H16BrFN2O. The number of nitrogens with zero attached hydrogens (tertiary/aromatic N) is 1. The molecule has 1 amide bonds. The van der Waals surface area contributed by atoms with Crippen molar-refractivity contribution in [3.63, 3.8) is 0 Å². The van der Waals surface area contributed by atoms with Crippen LogP contribution in [0.4, 0.5) is 10.1 Å². The third-order valence-corrected chi connectivity index (χ3v) is 3.68. The van der Waals surface area contributed by atoms with Crippen molar-refractivity contribution in [2.24, 2.45) is 0 Å². The first-order valence-corrected chi connectivity index (χ1v) is 7.39. The van der Waals surface area contributed by atoms with Crippen LogP contribution in [0.5, 0.6) is 0 Å². The van der Waals surface area contributed by atoms with Crippen LogP contribution < -0.4 is 5.73 Å². The number of hydrogen-bond acceptors (Lipinski definition) is 2. The van der Waals surface area contributed by atoms with Gasteiger partial charge in [-0.25, -0.2) is 4.39 Å². The molecule has 2 N–H and O–H groups in total. The Morgan fingerprint density at radius 2 is 1.90 bits per heavy atom. The molecule has 0 spiro atoms. The average molecular weight is 351 g/mol. The minimum Gasteiger partial charge on any atom is -0.399 e. The van der Waals surface area contributed by atoms with Gasteiger partial charge in [0.2, 0.25) is 0 Å². The molecule has 0 heterocycles. The summed E-state index contributed by atoms with van der Waals surface area (Å²) in [6.07, 6.45) is 0. The zero-order valence-corrected chi connectivity index (χ0v) is 13.2. The number of nitrogens with two attached hydrogens (primary N) is 1. The van der Waals surface area contributed by atoms with Gasteiger partial charge >= 0.3 is 0 Å². The lowest BCUT2D eigenvalue weighted by Gasteiger charge is -2.21. The summed E-state index contributed by atoms with van der Waals surface area (Å²) in [5.74, 6) is -0.843. The van der Waals surface area contributed by atoms with Crippen LogP contribution in [0.15, 0.2) is 46.9 Å². The Labute approximate surface area is 131 Å². The fraction of sp³-hybridized carbons (Fsp3) is 0.188. The molecule has 3 nitrogen and oxygen atoms in total. The lowest BCUT2D eigenvalue weighted by molar-refractivity contribution is 0.0748. The van der Waals surface area contributed by atoms with E-state index in [-0.39, 0.29) is 11.5 Å². The number of halogens is 2. The van der Waals surface area contributed by atoms with Crippen molar-refractivity contribution < 1.29 is 9.18 Å². The molecule has 0 saturated carbocycles. The van der Waals surface area contributed by atoms with Crippen molar-refractivity contribution in [2.45, 2.75) is 13.5 Å². The zero-order valence-electron chi connectivity index (χ0n) is 11.6. The summed E-state index contributed by atoms with van der Waals surface area (Å²) in [5, 5.41) is 0. The minimum absolute atomic E-state index is 0.0792. The second-order valence-corrected chi connectivity index (χ2v) is 5.60. The number of carbonyl (C=O) groups is 1. The molecule has 2 aromatic rings. The Hall–Kier alpha value is -1.88. The molecule has 0 aliphatic rings. The highest BCUT2D eigenvalue weighted by Crippen LogP contribution is 2.18. The molecule has 5 heteroatoms. The highest BCUT2D eigenvalue weighted by molar-refractivity contribution is 9.10. The van der Waals surface area contributed by atoms with Crippen LogP contribution in [0, 0.1) is 5.82 Å².